The predicted octanol–water partition coefficient (Wildman–Crippen LogP) is 4.56. The van der Waals surface area contributed by atoms with Crippen molar-refractivity contribution in [3.8, 4) is 0 Å². The molecule has 1 amide bonds. The van der Waals surface area contributed by atoms with E-state index in [1.54, 1.807) is 37.3 Å². The smallest absolute Gasteiger partial charge is 0.340 e. The largest absolute Gasteiger partial charge is 0.444 e. The Balaban J connectivity index is 1.52. The Morgan fingerprint density at radius 1 is 1.06 bits per heavy atom. The number of fused-ring (bicyclic) bond motifs is 2. The van der Waals surface area contributed by atoms with Gasteiger partial charge in [-0.15, -0.1) is 0 Å². The molecule has 7 nitrogen and oxygen atoms in total. The zero-order valence-electron chi connectivity index (χ0n) is 17.5. The average Bonchev–Trinajstić information content (AvgIpc) is 3.44. The zero-order valence-corrected chi connectivity index (χ0v) is 17.5. The maximum atomic E-state index is 13.5. The number of benzene rings is 2. The molecule has 0 saturated heterocycles. The monoisotopic (exact) mass is 427 g/mol. The fourth-order valence-electron chi connectivity index (χ4n) is 4.13. The first-order valence-electron chi connectivity index (χ1n) is 10.5. The van der Waals surface area contributed by atoms with E-state index in [0.29, 0.717) is 16.9 Å². The number of rotatable bonds is 5. The van der Waals surface area contributed by atoms with Gasteiger partial charge in [0.05, 0.1) is 11.1 Å². The SMILES string of the molecule is Cc1cc(NC(=O)C(OC(=O)c2c3c(nc4ccccc24)CCC3)c2ccccc2)no1. The van der Waals surface area contributed by atoms with Crippen molar-refractivity contribution in [2.75, 3.05) is 5.32 Å². The number of aryl methyl sites for hydroxylation is 2. The van der Waals surface area contributed by atoms with Crippen LogP contribution in [-0.2, 0) is 22.4 Å². The van der Waals surface area contributed by atoms with E-state index < -0.39 is 18.0 Å². The molecule has 0 radical (unpaired) electrons. The summed E-state index contributed by atoms with van der Waals surface area (Å²) < 4.78 is 10.9. The van der Waals surface area contributed by atoms with E-state index in [2.05, 4.69) is 10.5 Å². The van der Waals surface area contributed by atoms with Crippen LogP contribution in [0.2, 0.25) is 0 Å². The van der Waals surface area contributed by atoms with Crippen LogP contribution in [0.15, 0.2) is 65.2 Å². The number of hydrogen-bond donors (Lipinski definition) is 1. The van der Waals surface area contributed by atoms with Crippen LogP contribution in [0.5, 0.6) is 0 Å². The molecule has 1 N–H and O–H groups in total. The molecule has 4 aromatic rings. The van der Waals surface area contributed by atoms with Crippen LogP contribution in [0, 0.1) is 6.92 Å². The molecule has 2 aromatic carbocycles. The zero-order chi connectivity index (χ0) is 22.1. The predicted molar refractivity (Wildman–Crippen MR) is 118 cm³/mol. The fourth-order valence-corrected chi connectivity index (χ4v) is 4.13. The van der Waals surface area contributed by atoms with E-state index >= 15 is 0 Å². The van der Waals surface area contributed by atoms with Gasteiger partial charge in [-0.2, -0.15) is 0 Å². The first kappa shape index (κ1) is 19.9. The van der Waals surface area contributed by atoms with E-state index in [9.17, 15) is 9.59 Å². The third-order valence-electron chi connectivity index (χ3n) is 5.57. The lowest BCUT2D eigenvalue weighted by molar-refractivity contribution is -0.125. The Hall–Kier alpha value is -4.00. The average molecular weight is 427 g/mol. The van der Waals surface area contributed by atoms with Gasteiger partial charge in [0, 0.05) is 22.7 Å². The molecule has 0 saturated carbocycles. The summed E-state index contributed by atoms with van der Waals surface area (Å²) in [6, 6.07) is 18.1. The second kappa shape index (κ2) is 8.26. The number of amides is 1. The van der Waals surface area contributed by atoms with Gasteiger partial charge in [-0.05, 0) is 37.8 Å². The van der Waals surface area contributed by atoms with Crippen molar-refractivity contribution in [1.29, 1.82) is 0 Å². The molecule has 32 heavy (non-hydrogen) atoms. The van der Waals surface area contributed by atoms with Crippen LogP contribution < -0.4 is 5.32 Å². The van der Waals surface area contributed by atoms with Crippen molar-refractivity contribution in [2.24, 2.45) is 0 Å². The lowest BCUT2D eigenvalue weighted by Gasteiger charge is -2.19. The second-order valence-corrected chi connectivity index (χ2v) is 7.79. The number of carbonyl (C=O) groups is 2. The first-order valence-corrected chi connectivity index (χ1v) is 10.5. The van der Waals surface area contributed by atoms with E-state index in [4.69, 9.17) is 14.2 Å². The van der Waals surface area contributed by atoms with Gasteiger partial charge in [0.25, 0.3) is 5.91 Å². The Bertz CT molecular complexity index is 1310. The van der Waals surface area contributed by atoms with Crippen LogP contribution in [-0.4, -0.2) is 22.0 Å². The summed E-state index contributed by atoms with van der Waals surface area (Å²) in [5.74, 6) is -0.220. The van der Waals surface area contributed by atoms with Gasteiger partial charge < -0.3 is 14.6 Å². The first-order chi connectivity index (χ1) is 15.6. The quantitative estimate of drug-likeness (QED) is 0.469. The molecule has 0 spiro atoms. The van der Waals surface area contributed by atoms with E-state index in [-0.39, 0.29) is 5.82 Å². The van der Waals surface area contributed by atoms with Gasteiger partial charge >= 0.3 is 5.97 Å². The Morgan fingerprint density at radius 2 is 1.84 bits per heavy atom. The van der Waals surface area contributed by atoms with Crippen LogP contribution in [0.1, 0.15) is 45.5 Å². The molecule has 5 rings (SSSR count). The van der Waals surface area contributed by atoms with E-state index in [1.807, 2.05) is 30.3 Å². The van der Waals surface area contributed by atoms with Gasteiger partial charge in [0.1, 0.15) is 5.76 Å². The number of carbonyl (C=O) groups excluding carboxylic acids is 2. The van der Waals surface area contributed by atoms with Crippen LogP contribution in [0.3, 0.4) is 0 Å². The minimum absolute atomic E-state index is 0.264. The summed E-state index contributed by atoms with van der Waals surface area (Å²) in [4.78, 5) is 31.3. The number of anilines is 1. The van der Waals surface area contributed by atoms with Gasteiger partial charge in [-0.1, -0.05) is 53.7 Å². The summed E-state index contributed by atoms with van der Waals surface area (Å²) in [7, 11) is 0. The number of aromatic nitrogens is 2. The van der Waals surface area contributed by atoms with Gasteiger partial charge in [-0.3, -0.25) is 9.78 Å². The number of esters is 1. The number of para-hydroxylation sites is 1. The van der Waals surface area contributed by atoms with E-state index in [1.165, 1.54) is 0 Å². The standard InChI is InChI=1S/C25H21N3O4/c1-15-14-21(28-32-15)27-24(29)23(16-8-3-2-4-9-16)31-25(30)22-17-10-5-6-12-19(17)26-20-13-7-11-18(20)22/h2-6,8-10,12,14,23H,7,11,13H2,1H3,(H,27,28,29). The summed E-state index contributed by atoms with van der Waals surface area (Å²) in [5.41, 5.74) is 3.64. The summed E-state index contributed by atoms with van der Waals surface area (Å²) in [6.45, 7) is 1.73. The summed E-state index contributed by atoms with van der Waals surface area (Å²) >= 11 is 0. The third-order valence-corrected chi connectivity index (χ3v) is 5.57. The molecule has 0 fully saturated rings. The molecule has 160 valence electrons. The van der Waals surface area contributed by atoms with Crippen molar-refractivity contribution in [2.45, 2.75) is 32.3 Å². The van der Waals surface area contributed by atoms with E-state index in [0.717, 1.165) is 41.4 Å². The Labute approximate surface area is 184 Å². The van der Waals surface area contributed by atoms with Gasteiger partial charge in [-0.25, -0.2) is 4.79 Å². The van der Waals surface area contributed by atoms with Crippen molar-refractivity contribution in [3.05, 3.63) is 88.8 Å². The highest BCUT2D eigenvalue weighted by Gasteiger charge is 2.30. The molecule has 0 aliphatic heterocycles. The van der Waals surface area contributed by atoms with Crippen LogP contribution >= 0.6 is 0 Å². The molecule has 1 atom stereocenters. The molecule has 2 heterocycles. The number of ether oxygens (including phenoxy) is 1. The molecule has 1 aliphatic rings. The van der Waals surface area contributed by atoms with Crippen molar-refractivity contribution in [1.82, 2.24) is 10.1 Å². The molecule has 7 heteroatoms. The Kier molecular flexibility index (Phi) is 5.15. The lowest BCUT2D eigenvalue weighted by atomic mass is 10.0. The number of pyridine rings is 1. The van der Waals surface area contributed by atoms with Crippen LogP contribution in [0.4, 0.5) is 5.82 Å². The molecular weight excluding hydrogens is 406 g/mol. The molecule has 1 aliphatic carbocycles. The molecule has 0 bridgehead atoms. The number of nitrogens with one attached hydrogen (secondary N) is 1. The highest BCUT2D eigenvalue weighted by Crippen LogP contribution is 2.32. The highest BCUT2D eigenvalue weighted by atomic mass is 16.5. The van der Waals surface area contributed by atoms with Crippen molar-refractivity contribution < 1.29 is 18.8 Å². The summed E-state index contributed by atoms with van der Waals surface area (Å²) in [5, 5.41) is 7.21. The minimum Gasteiger partial charge on any atom is -0.444 e. The molecule has 1 unspecified atom stereocenters. The summed E-state index contributed by atoms with van der Waals surface area (Å²) in [6.07, 6.45) is 1.38. The highest BCUT2D eigenvalue weighted by molar-refractivity contribution is 6.06. The molecule has 2 aromatic heterocycles. The second-order valence-electron chi connectivity index (χ2n) is 7.79. The topological polar surface area (TPSA) is 94.3 Å². The maximum Gasteiger partial charge on any atom is 0.340 e. The van der Waals surface area contributed by atoms with Crippen molar-refractivity contribution in [3.63, 3.8) is 0 Å². The van der Waals surface area contributed by atoms with Gasteiger partial charge in [0.15, 0.2) is 5.82 Å². The number of nitrogens with zero attached hydrogens (tertiary/aromatic N) is 2. The fraction of sp³-hybridized carbons (Fsp3) is 0.200. The Morgan fingerprint density at radius 3 is 2.62 bits per heavy atom. The third kappa shape index (κ3) is 3.73. The lowest BCUT2D eigenvalue weighted by Crippen LogP contribution is -2.26. The van der Waals surface area contributed by atoms with Crippen molar-refractivity contribution >= 4 is 28.6 Å². The number of hydrogen-bond acceptors (Lipinski definition) is 6. The van der Waals surface area contributed by atoms with Gasteiger partial charge in [0.2, 0.25) is 6.10 Å². The maximum absolute atomic E-state index is 13.5. The normalized spacial score (nSPS) is 13.5. The molecular formula is C25H21N3O4. The van der Waals surface area contributed by atoms with Crippen LogP contribution in [0.25, 0.3) is 10.9 Å². The minimum atomic E-state index is -1.15.